The van der Waals surface area contributed by atoms with Gasteiger partial charge in [0.05, 0.1) is 0 Å². The van der Waals surface area contributed by atoms with Crippen molar-refractivity contribution >= 4 is 64.1 Å². The van der Waals surface area contributed by atoms with E-state index in [1.807, 2.05) is 0 Å². The summed E-state index contributed by atoms with van der Waals surface area (Å²) in [5.41, 5.74) is 0. The molecule has 0 aliphatic rings. The normalized spacial score (nSPS) is 6.00. The third-order valence-electron chi connectivity index (χ3n) is 0. The zero-order chi connectivity index (χ0) is 4.50. The Morgan fingerprint density at radius 3 is 1.00 bits per heavy atom. The van der Waals surface area contributed by atoms with E-state index in [0.29, 0.717) is 0 Å². The first-order valence-corrected chi connectivity index (χ1v) is 2.68. The minimum absolute atomic E-state index is 0. The van der Waals surface area contributed by atoms with E-state index in [9.17, 15) is 0 Å². The van der Waals surface area contributed by atoms with Crippen molar-refractivity contribution < 1.29 is 114 Å². The monoisotopic (exact) mass is 453 g/mol. The average Bonchev–Trinajstić information content (AvgIpc) is 0.722. The predicted octanol–water partition coefficient (Wildman–Crippen LogP) is -3.95. The van der Waals surface area contributed by atoms with Gasteiger partial charge in [-0.05, 0) is 0 Å². The Labute approximate surface area is 173 Å². The standard InChI is InChI=1S/Al.Ca.Ce.Fe.H4O4Si.Y.5H/c;;;;1-5(2,3)4;;;;;;/h;;;;1-4H;;;;;;/q;+2;;;;;;;;2*-1. The molecule has 1 radical (unpaired) electrons. The number of hydrogen-bond acceptors (Lipinski definition) is 4. The van der Waals surface area contributed by atoms with Gasteiger partial charge < -0.3 is 22.0 Å². The molecule has 0 saturated heterocycles. The Morgan fingerprint density at radius 1 is 1.00 bits per heavy atom. The molecule has 0 saturated carbocycles. The average molecular weight is 453 g/mol. The topological polar surface area (TPSA) is 80.9 Å². The van der Waals surface area contributed by atoms with Gasteiger partial charge in [-0.15, -0.1) is 0 Å². The van der Waals surface area contributed by atoms with Gasteiger partial charge in [-0.1, -0.05) is 0 Å². The van der Waals surface area contributed by atoms with Crippen molar-refractivity contribution in [3.05, 3.63) is 0 Å². The third-order valence-corrected chi connectivity index (χ3v) is 0. The van der Waals surface area contributed by atoms with Gasteiger partial charge in [0.1, 0.15) is 0 Å². The molecule has 0 bridgehead atoms. The molecule has 0 amide bonds. The fraction of sp³-hybridized carbons (Fsp3) is 0. The van der Waals surface area contributed by atoms with Crippen molar-refractivity contribution in [2.24, 2.45) is 0 Å². The van der Waals surface area contributed by atoms with E-state index >= 15 is 0 Å². The Hall–Kier alpha value is 4.85. The van der Waals surface area contributed by atoms with Gasteiger partial charge in [0.25, 0.3) is 0 Å². The van der Waals surface area contributed by atoms with Crippen LogP contribution in [0, 0.1) is 41.7 Å². The van der Waals surface area contributed by atoms with Gasteiger partial charge in [-0.25, -0.2) is 0 Å². The van der Waals surface area contributed by atoms with Crippen LogP contribution in [-0.4, -0.2) is 83.3 Å². The van der Waals surface area contributed by atoms with Crippen LogP contribution in [0.15, 0.2) is 0 Å². The first kappa shape index (κ1) is 36.4. The zero-order valence-corrected chi connectivity index (χ0v) is 14.7. The van der Waals surface area contributed by atoms with Crippen LogP contribution in [0.4, 0.5) is 0 Å². The first-order chi connectivity index (χ1) is 2.00. The molecule has 0 unspecified atom stereocenters. The van der Waals surface area contributed by atoms with E-state index in [1.165, 1.54) is 0 Å². The summed E-state index contributed by atoms with van der Waals surface area (Å²) in [5.74, 6) is 0. The van der Waals surface area contributed by atoms with Crippen LogP contribution in [0.25, 0.3) is 0 Å². The molecule has 0 fully saturated rings. The summed E-state index contributed by atoms with van der Waals surface area (Å²) in [7, 11) is -4.61. The molecule has 0 aromatic carbocycles. The van der Waals surface area contributed by atoms with E-state index in [0.717, 1.165) is 0 Å². The SMILES string of the molecule is O[Si](O)(O)O.[AlH3].[Ca+2].[Ce].[Fe].[H-].[H-].[Y]. The molecule has 10 heteroatoms. The van der Waals surface area contributed by atoms with Gasteiger partial charge in [0, 0.05) is 91.5 Å². The second kappa shape index (κ2) is 19.4. The fourth-order valence-electron chi connectivity index (χ4n) is 0. The largest absolute Gasteiger partial charge is 2.00 e. The number of hydrogen-bond donors (Lipinski definition) is 4. The maximum Gasteiger partial charge on any atom is 2.00 e. The molecule has 0 atom stereocenters. The molecule has 4 nitrogen and oxygen atoms in total. The number of rotatable bonds is 0. The minimum atomic E-state index is -4.61. The van der Waals surface area contributed by atoms with Crippen LogP contribution in [0.3, 0.4) is 0 Å². The Kier molecular flexibility index (Phi) is 70.7. The predicted molar refractivity (Wildman–Crippen MR) is 32.5 cm³/mol. The molecule has 0 aliphatic heterocycles. The molecule has 4 N–H and O–H groups in total. The Balaban J connectivity index is -0.00000000381. The van der Waals surface area contributed by atoms with Crippen LogP contribution < -0.4 is 0 Å². The summed E-state index contributed by atoms with van der Waals surface area (Å²) < 4.78 is 0. The van der Waals surface area contributed by atoms with Gasteiger partial charge in [0.2, 0.25) is 0 Å². The summed E-state index contributed by atoms with van der Waals surface area (Å²) in [6.07, 6.45) is 0. The fourth-order valence-corrected chi connectivity index (χ4v) is 0. The smallest absolute Gasteiger partial charge is 1.00 e. The van der Waals surface area contributed by atoms with Crippen molar-refractivity contribution in [2.75, 3.05) is 0 Å². The van der Waals surface area contributed by atoms with Crippen LogP contribution in [0.1, 0.15) is 2.85 Å². The quantitative estimate of drug-likeness (QED) is 0.283. The van der Waals surface area contributed by atoms with E-state index in [4.69, 9.17) is 19.2 Å². The van der Waals surface area contributed by atoms with Crippen molar-refractivity contribution in [1.29, 1.82) is 0 Å². The second-order valence-electron chi connectivity index (χ2n) is 0.600. The summed E-state index contributed by atoms with van der Waals surface area (Å²) in [6.45, 7) is 0. The molecule has 0 heterocycles. The molecule has 0 aliphatic carbocycles. The summed E-state index contributed by atoms with van der Waals surface area (Å²) in [6, 6.07) is 0. The van der Waals surface area contributed by atoms with E-state index in [-0.39, 0.29) is 149 Å². The van der Waals surface area contributed by atoms with Gasteiger partial charge in [-0.3, -0.25) is 0 Å². The van der Waals surface area contributed by atoms with Gasteiger partial charge >= 0.3 is 46.8 Å². The molecule has 10 heavy (non-hydrogen) atoms. The molecule has 0 aromatic heterocycles. The second-order valence-corrected chi connectivity index (χ2v) is 1.80. The van der Waals surface area contributed by atoms with Crippen LogP contribution in [-0.2, 0) is 49.8 Å². The summed E-state index contributed by atoms with van der Waals surface area (Å²) in [5, 5.41) is 0. The molecular formula is H9AlCaCeFeO4SiY. The van der Waals surface area contributed by atoms with Crippen LogP contribution >= 0.6 is 0 Å². The summed E-state index contributed by atoms with van der Waals surface area (Å²) in [4.78, 5) is 29.3. The molecule has 0 aromatic rings. The molecular weight excluding hydrogens is 444 g/mol. The molecule has 0 rings (SSSR count). The van der Waals surface area contributed by atoms with Crippen LogP contribution in [0.5, 0.6) is 0 Å². The molecule has 0 spiro atoms. The van der Waals surface area contributed by atoms with Crippen molar-refractivity contribution in [1.82, 2.24) is 0 Å². The van der Waals surface area contributed by atoms with Crippen molar-refractivity contribution in [3.63, 3.8) is 0 Å². The van der Waals surface area contributed by atoms with Gasteiger partial charge in [-0.2, -0.15) is 0 Å². The Bertz CT molecular complexity index is 48.5. The zero-order valence-electron chi connectivity index (χ0n) is 6.43. The molecule has 57 valence electrons. The minimum Gasteiger partial charge on any atom is -1.00 e. The van der Waals surface area contributed by atoms with E-state index in [1.54, 1.807) is 0 Å². The van der Waals surface area contributed by atoms with E-state index in [2.05, 4.69) is 0 Å². The maximum atomic E-state index is 7.33. The Morgan fingerprint density at radius 2 is 1.00 bits per heavy atom. The van der Waals surface area contributed by atoms with E-state index < -0.39 is 9.05 Å². The van der Waals surface area contributed by atoms with Crippen molar-refractivity contribution in [2.45, 2.75) is 0 Å². The van der Waals surface area contributed by atoms with Gasteiger partial charge in [0.15, 0.2) is 17.4 Å². The maximum absolute atomic E-state index is 7.33. The van der Waals surface area contributed by atoms with Crippen molar-refractivity contribution in [3.8, 4) is 0 Å². The third kappa shape index (κ3) is 76.7. The van der Waals surface area contributed by atoms with Crippen LogP contribution in [0.2, 0.25) is 0 Å². The summed E-state index contributed by atoms with van der Waals surface area (Å²) >= 11 is 0. The first-order valence-electron chi connectivity index (χ1n) is 0.894.